The first-order chi connectivity index (χ1) is 28.4. The Hall–Kier alpha value is -5.09. The average molecular weight is 820 g/mol. The molecule has 314 valence electrons. The highest BCUT2D eigenvalue weighted by molar-refractivity contribution is 7.17. The van der Waals surface area contributed by atoms with Crippen molar-refractivity contribution < 1.29 is 29.1 Å². The monoisotopic (exact) mass is 819 g/mol. The van der Waals surface area contributed by atoms with Gasteiger partial charge in [-0.05, 0) is 112 Å². The quantitative estimate of drug-likeness (QED) is 0.0534. The molecule has 1 aromatic heterocycles. The van der Waals surface area contributed by atoms with Gasteiger partial charge in [0.15, 0.2) is 5.78 Å². The zero-order chi connectivity index (χ0) is 42.4. The minimum Gasteiger partial charge on any atom is -0.481 e. The summed E-state index contributed by atoms with van der Waals surface area (Å²) in [6.07, 6.45) is 13.5. The number of nitrogens with zero attached hydrogens (tertiary/aromatic N) is 1. The van der Waals surface area contributed by atoms with Gasteiger partial charge in [0.1, 0.15) is 5.00 Å². The Bertz CT molecular complexity index is 2070. The van der Waals surface area contributed by atoms with Crippen LogP contribution in [0.1, 0.15) is 157 Å². The largest absolute Gasteiger partial charge is 0.481 e. The van der Waals surface area contributed by atoms with Gasteiger partial charge in [0.25, 0.3) is 11.8 Å². The van der Waals surface area contributed by atoms with E-state index in [1.807, 2.05) is 49.4 Å². The van der Waals surface area contributed by atoms with Crippen molar-refractivity contribution in [1.29, 1.82) is 0 Å². The smallest absolute Gasteiger partial charge is 0.309 e. The van der Waals surface area contributed by atoms with Crippen molar-refractivity contribution in [3.8, 4) is 0 Å². The number of carboxylic acids is 1. The standard InChI is InChI=1S/C49H61N3O6S/c1-5-7-8-9-10-11-18-41(53)37-26-22-34(23-27-37)20-21-35-24-28-39(29-25-35)50-46(56)44-40-17-12-13-19-42(40)59-47(44)51-45(55)38-16-14-15-36(31-38)33-52(30-6-2)43(54)32-49(3,4)48(57)58/h14-16,22-29,31H,5-13,17-21,30,32-33H2,1-4H3,(H,50,56)(H,51,55)(H,57,58). The van der Waals surface area contributed by atoms with Crippen LogP contribution in [0.2, 0.25) is 0 Å². The highest BCUT2D eigenvalue weighted by Gasteiger charge is 2.32. The molecule has 0 fully saturated rings. The number of aliphatic carboxylic acids is 1. The van der Waals surface area contributed by atoms with E-state index in [1.54, 1.807) is 36.9 Å². The molecule has 0 aliphatic heterocycles. The molecule has 0 bridgehead atoms. The summed E-state index contributed by atoms with van der Waals surface area (Å²) in [6.45, 7) is 7.97. The SMILES string of the molecule is CCCCCCCCC(=O)c1ccc(CCc2ccc(NC(=O)c3c(NC(=O)c4cccc(CN(CCC)C(=O)CC(C)(C)C(=O)O)c4)sc4c3CCCC4)cc2)cc1. The number of carboxylic acid groups (broad SMARTS) is 1. The summed E-state index contributed by atoms with van der Waals surface area (Å²) >= 11 is 1.46. The molecular weight excluding hydrogens is 759 g/mol. The Balaban J connectivity index is 1.19. The lowest BCUT2D eigenvalue weighted by Gasteiger charge is -2.26. The molecule has 3 aromatic carbocycles. The van der Waals surface area contributed by atoms with Crippen molar-refractivity contribution >= 4 is 51.5 Å². The number of aryl methyl sites for hydroxylation is 3. The van der Waals surface area contributed by atoms with Crippen molar-refractivity contribution in [2.24, 2.45) is 5.41 Å². The minimum atomic E-state index is -1.19. The van der Waals surface area contributed by atoms with Gasteiger partial charge in [-0.15, -0.1) is 11.3 Å². The van der Waals surface area contributed by atoms with Crippen LogP contribution >= 0.6 is 11.3 Å². The lowest BCUT2D eigenvalue weighted by atomic mass is 9.89. The number of fused-ring (bicyclic) bond motifs is 1. The number of Topliss-reactive ketones (excluding diaryl/α,β-unsaturated/α-hetero) is 1. The molecule has 0 saturated heterocycles. The maximum Gasteiger partial charge on any atom is 0.309 e. The third kappa shape index (κ3) is 12.9. The molecule has 0 unspecified atom stereocenters. The van der Waals surface area contributed by atoms with Gasteiger partial charge in [-0.3, -0.25) is 24.0 Å². The fraction of sp³-hybridized carbons (Fsp3) is 0.449. The maximum absolute atomic E-state index is 14.0. The molecule has 1 aliphatic rings. The number of carbonyl (C=O) groups is 5. The first-order valence-corrected chi connectivity index (χ1v) is 22.3. The zero-order valence-electron chi connectivity index (χ0n) is 35.3. The van der Waals surface area contributed by atoms with E-state index in [1.165, 1.54) is 42.6 Å². The number of thiophene rings is 1. The third-order valence-corrected chi connectivity index (χ3v) is 12.4. The molecule has 3 N–H and O–H groups in total. The van der Waals surface area contributed by atoms with Crippen LogP contribution in [0, 0.1) is 5.41 Å². The fourth-order valence-electron chi connectivity index (χ4n) is 7.53. The summed E-state index contributed by atoms with van der Waals surface area (Å²) in [5.74, 6) is -1.67. The second kappa shape index (κ2) is 21.8. The third-order valence-electron chi connectivity index (χ3n) is 11.2. The highest BCUT2D eigenvalue weighted by Crippen LogP contribution is 2.39. The van der Waals surface area contributed by atoms with Gasteiger partial charge >= 0.3 is 5.97 Å². The first-order valence-electron chi connectivity index (χ1n) is 21.5. The van der Waals surface area contributed by atoms with Crippen molar-refractivity contribution in [3.63, 3.8) is 0 Å². The number of anilines is 2. The molecule has 0 atom stereocenters. The average Bonchev–Trinajstić information content (AvgIpc) is 3.59. The Labute approximate surface area is 354 Å². The fourth-order valence-corrected chi connectivity index (χ4v) is 8.81. The van der Waals surface area contributed by atoms with Gasteiger partial charge in [0.05, 0.1) is 11.0 Å². The van der Waals surface area contributed by atoms with E-state index in [0.717, 1.165) is 78.5 Å². The molecule has 0 saturated carbocycles. The van der Waals surface area contributed by atoms with E-state index in [-0.39, 0.29) is 36.5 Å². The number of unbranched alkanes of at least 4 members (excludes halogenated alkanes) is 5. The lowest BCUT2D eigenvalue weighted by molar-refractivity contribution is -0.151. The topological polar surface area (TPSA) is 133 Å². The van der Waals surface area contributed by atoms with E-state index in [0.29, 0.717) is 41.2 Å². The Morgan fingerprint density at radius 3 is 2.07 bits per heavy atom. The molecule has 9 nitrogen and oxygen atoms in total. The molecule has 5 rings (SSSR count). The predicted octanol–water partition coefficient (Wildman–Crippen LogP) is 11.1. The van der Waals surface area contributed by atoms with Gasteiger partial charge < -0.3 is 20.6 Å². The molecule has 3 amide bonds. The second-order valence-electron chi connectivity index (χ2n) is 16.5. The molecule has 1 heterocycles. The summed E-state index contributed by atoms with van der Waals surface area (Å²) in [7, 11) is 0. The normalized spacial score (nSPS) is 12.4. The van der Waals surface area contributed by atoms with E-state index in [2.05, 4.69) is 29.7 Å². The summed E-state index contributed by atoms with van der Waals surface area (Å²) in [6, 6.07) is 22.9. The minimum absolute atomic E-state index is 0.125. The van der Waals surface area contributed by atoms with Crippen molar-refractivity contribution in [2.75, 3.05) is 17.2 Å². The van der Waals surface area contributed by atoms with Crippen LogP contribution in [-0.2, 0) is 41.8 Å². The number of carbonyl (C=O) groups excluding carboxylic acids is 4. The van der Waals surface area contributed by atoms with Crippen molar-refractivity contribution in [3.05, 3.63) is 117 Å². The number of hydrogen-bond acceptors (Lipinski definition) is 6. The number of hydrogen-bond donors (Lipinski definition) is 3. The molecule has 4 aromatic rings. The number of rotatable bonds is 22. The van der Waals surface area contributed by atoms with Gasteiger partial charge in [-0.1, -0.05) is 94.5 Å². The highest BCUT2D eigenvalue weighted by atomic mass is 32.1. The number of benzene rings is 3. The van der Waals surface area contributed by atoms with Gasteiger partial charge in [0.2, 0.25) is 5.91 Å². The van der Waals surface area contributed by atoms with E-state index >= 15 is 0 Å². The van der Waals surface area contributed by atoms with Gasteiger partial charge in [-0.25, -0.2) is 0 Å². The second-order valence-corrected chi connectivity index (χ2v) is 17.6. The van der Waals surface area contributed by atoms with Crippen LogP contribution < -0.4 is 10.6 Å². The van der Waals surface area contributed by atoms with Crippen LogP contribution in [0.3, 0.4) is 0 Å². The summed E-state index contributed by atoms with van der Waals surface area (Å²) in [5.41, 5.74) is 5.23. The van der Waals surface area contributed by atoms with E-state index in [9.17, 15) is 29.1 Å². The van der Waals surface area contributed by atoms with Gasteiger partial charge in [-0.2, -0.15) is 0 Å². The maximum atomic E-state index is 14.0. The number of nitrogens with one attached hydrogen (secondary N) is 2. The Morgan fingerprint density at radius 1 is 0.729 bits per heavy atom. The van der Waals surface area contributed by atoms with Crippen molar-refractivity contribution in [1.82, 2.24) is 4.90 Å². The van der Waals surface area contributed by atoms with Crippen LogP contribution in [0.25, 0.3) is 0 Å². The van der Waals surface area contributed by atoms with E-state index in [4.69, 9.17) is 0 Å². The summed E-state index contributed by atoms with van der Waals surface area (Å²) in [5, 5.41) is 16.2. The molecule has 10 heteroatoms. The van der Waals surface area contributed by atoms with Crippen LogP contribution in [0.4, 0.5) is 10.7 Å². The van der Waals surface area contributed by atoms with Crippen LogP contribution in [0.15, 0.2) is 72.8 Å². The molecule has 59 heavy (non-hydrogen) atoms. The van der Waals surface area contributed by atoms with Gasteiger partial charge in [0, 0.05) is 47.6 Å². The van der Waals surface area contributed by atoms with Crippen molar-refractivity contribution in [2.45, 2.75) is 131 Å². The summed E-state index contributed by atoms with van der Waals surface area (Å²) in [4.78, 5) is 67.9. The van der Waals surface area contributed by atoms with Crippen LogP contribution in [0.5, 0.6) is 0 Å². The number of ketones is 1. The molecular formula is C49H61N3O6S. The van der Waals surface area contributed by atoms with Crippen LogP contribution in [-0.4, -0.2) is 46.0 Å². The molecule has 0 spiro atoms. The molecule has 1 aliphatic carbocycles. The Kier molecular flexibility index (Phi) is 16.6. The number of amides is 3. The summed E-state index contributed by atoms with van der Waals surface area (Å²) < 4.78 is 0. The van der Waals surface area contributed by atoms with E-state index < -0.39 is 11.4 Å². The zero-order valence-corrected chi connectivity index (χ0v) is 36.1. The molecule has 0 radical (unpaired) electrons. The Morgan fingerprint density at radius 2 is 1.39 bits per heavy atom. The first kappa shape index (κ1) is 45.0. The lowest BCUT2D eigenvalue weighted by Crippen LogP contribution is -2.37. The predicted molar refractivity (Wildman–Crippen MR) is 238 cm³/mol.